The Morgan fingerprint density at radius 1 is 1.42 bits per heavy atom. The fourth-order valence-electron chi connectivity index (χ4n) is 2.23. The van der Waals surface area contributed by atoms with E-state index in [9.17, 15) is 9.18 Å². The van der Waals surface area contributed by atoms with E-state index < -0.39 is 0 Å². The van der Waals surface area contributed by atoms with Crippen LogP contribution in [0.5, 0.6) is 0 Å². The van der Waals surface area contributed by atoms with Gasteiger partial charge in [-0.15, -0.1) is 0 Å². The molecule has 0 amide bonds. The van der Waals surface area contributed by atoms with Crippen LogP contribution in [-0.4, -0.2) is 15.9 Å². The van der Waals surface area contributed by atoms with E-state index >= 15 is 0 Å². The summed E-state index contributed by atoms with van der Waals surface area (Å²) in [5.74, 6) is 0.0818. The zero-order valence-corrected chi connectivity index (χ0v) is 11.5. The van der Waals surface area contributed by atoms with Gasteiger partial charge in [0.05, 0.1) is 5.92 Å². The van der Waals surface area contributed by atoms with E-state index in [0.717, 1.165) is 12.8 Å². The number of halogens is 2. The molecule has 98 valence electrons. The van der Waals surface area contributed by atoms with E-state index in [2.05, 4.69) is 26.1 Å². The van der Waals surface area contributed by atoms with Gasteiger partial charge in [0.2, 0.25) is 11.7 Å². The number of aromatic nitrogens is 2. The molecule has 0 radical (unpaired) electrons. The lowest BCUT2D eigenvalue weighted by atomic mass is 10.1. The van der Waals surface area contributed by atoms with Crippen LogP contribution in [-0.2, 0) is 4.79 Å². The van der Waals surface area contributed by atoms with Crippen LogP contribution in [0.15, 0.2) is 27.2 Å². The van der Waals surface area contributed by atoms with Crippen molar-refractivity contribution in [1.82, 2.24) is 10.1 Å². The van der Waals surface area contributed by atoms with Crippen LogP contribution in [0.2, 0.25) is 0 Å². The number of Topliss-reactive ketones (excluding diaryl/α,β-unsaturated/α-hetero) is 1. The Morgan fingerprint density at radius 2 is 2.26 bits per heavy atom. The number of hydrogen-bond acceptors (Lipinski definition) is 4. The fraction of sp³-hybridized carbons (Fsp3) is 0.308. The summed E-state index contributed by atoms with van der Waals surface area (Å²) in [4.78, 5) is 15.9. The van der Waals surface area contributed by atoms with Crippen LogP contribution >= 0.6 is 15.9 Å². The number of benzene rings is 1. The lowest BCUT2D eigenvalue weighted by Gasteiger charge is -2.00. The average molecular weight is 325 g/mol. The first-order chi connectivity index (χ1) is 9.15. The van der Waals surface area contributed by atoms with Crippen molar-refractivity contribution in [3.05, 3.63) is 34.4 Å². The molecule has 6 heteroatoms. The average Bonchev–Trinajstić information content (AvgIpc) is 3.00. The van der Waals surface area contributed by atoms with E-state index in [0.29, 0.717) is 28.2 Å². The van der Waals surface area contributed by atoms with Gasteiger partial charge in [0, 0.05) is 16.5 Å². The third kappa shape index (κ3) is 2.32. The Kier molecular flexibility index (Phi) is 3.18. The van der Waals surface area contributed by atoms with Gasteiger partial charge >= 0.3 is 0 Å². The molecule has 0 N–H and O–H groups in total. The van der Waals surface area contributed by atoms with Crippen LogP contribution < -0.4 is 0 Å². The summed E-state index contributed by atoms with van der Waals surface area (Å²) in [5, 5.41) is 3.83. The lowest BCUT2D eigenvalue weighted by Crippen LogP contribution is -2.04. The first-order valence-corrected chi connectivity index (χ1v) is 6.76. The topological polar surface area (TPSA) is 56.0 Å². The Labute approximate surface area is 117 Å². The van der Waals surface area contributed by atoms with Crippen LogP contribution in [0.3, 0.4) is 0 Å². The van der Waals surface area contributed by atoms with Gasteiger partial charge in [-0.05, 0) is 31.0 Å². The van der Waals surface area contributed by atoms with Crippen molar-refractivity contribution >= 4 is 21.7 Å². The van der Waals surface area contributed by atoms with E-state index in [1.54, 1.807) is 6.07 Å². The number of hydrogen-bond donors (Lipinski definition) is 0. The minimum absolute atomic E-state index is 0.133. The molecule has 0 bridgehead atoms. The van der Waals surface area contributed by atoms with Crippen LogP contribution in [0, 0.1) is 5.82 Å². The van der Waals surface area contributed by atoms with Gasteiger partial charge in [0.25, 0.3) is 0 Å². The summed E-state index contributed by atoms with van der Waals surface area (Å²) >= 11 is 3.32. The monoisotopic (exact) mass is 324 g/mol. The van der Waals surface area contributed by atoms with Crippen molar-refractivity contribution in [3.63, 3.8) is 0 Å². The second kappa shape index (κ2) is 4.85. The summed E-state index contributed by atoms with van der Waals surface area (Å²) in [6.07, 6.45) is 2.15. The Balaban J connectivity index is 1.97. The summed E-state index contributed by atoms with van der Waals surface area (Å²) in [6, 6.07) is 4.26. The molecule has 0 spiro atoms. The van der Waals surface area contributed by atoms with Gasteiger partial charge in [-0.25, -0.2) is 4.39 Å². The molecule has 1 aliphatic rings. The van der Waals surface area contributed by atoms with Crippen molar-refractivity contribution < 1.29 is 13.7 Å². The zero-order chi connectivity index (χ0) is 13.4. The standard InChI is InChI=1S/C13H10BrFN2O2/c14-10-5-4-7(15)6-9(10)12-16-13(19-17-12)8-2-1-3-11(8)18/h4-6,8H,1-3H2. The number of nitrogens with zero attached hydrogens (tertiary/aromatic N) is 2. The van der Waals surface area contributed by atoms with Gasteiger partial charge < -0.3 is 4.52 Å². The smallest absolute Gasteiger partial charge is 0.237 e. The molecule has 19 heavy (non-hydrogen) atoms. The first kappa shape index (κ1) is 12.5. The molecule has 1 aromatic heterocycles. The highest BCUT2D eigenvalue weighted by atomic mass is 79.9. The largest absolute Gasteiger partial charge is 0.338 e. The molecule has 1 atom stereocenters. The fourth-order valence-corrected chi connectivity index (χ4v) is 2.66. The highest BCUT2D eigenvalue weighted by Gasteiger charge is 2.31. The number of rotatable bonds is 2. The molecule has 4 nitrogen and oxygen atoms in total. The number of carbonyl (C=O) groups excluding carboxylic acids is 1. The normalized spacial score (nSPS) is 19.1. The van der Waals surface area contributed by atoms with E-state index in [4.69, 9.17) is 4.52 Å². The maximum atomic E-state index is 13.2. The molecule has 1 saturated carbocycles. The van der Waals surface area contributed by atoms with Crippen molar-refractivity contribution in [2.24, 2.45) is 0 Å². The van der Waals surface area contributed by atoms with Crippen molar-refractivity contribution in [2.45, 2.75) is 25.2 Å². The summed E-state index contributed by atoms with van der Waals surface area (Å²) in [5.41, 5.74) is 0.514. The molecule has 1 fully saturated rings. The minimum atomic E-state index is -0.374. The molecule has 1 heterocycles. The molecule has 0 aliphatic heterocycles. The van der Waals surface area contributed by atoms with E-state index in [1.807, 2.05) is 0 Å². The second-order valence-electron chi connectivity index (χ2n) is 4.49. The summed E-state index contributed by atoms with van der Waals surface area (Å²) < 4.78 is 19.1. The minimum Gasteiger partial charge on any atom is -0.338 e. The molecule has 0 saturated heterocycles. The third-order valence-electron chi connectivity index (χ3n) is 3.21. The first-order valence-electron chi connectivity index (χ1n) is 5.97. The van der Waals surface area contributed by atoms with Crippen molar-refractivity contribution in [2.75, 3.05) is 0 Å². The Bertz CT molecular complexity index is 641. The number of ketones is 1. The van der Waals surface area contributed by atoms with Gasteiger partial charge in [-0.1, -0.05) is 21.1 Å². The molecule has 3 rings (SSSR count). The van der Waals surface area contributed by atoms with E-state index in [1.165, 1.54) is 12.1 Å². The zero-order valence-electron chi connectivity index (χ0n) is 9.90. The molecule has 1 aliphatic carbocycles. The van der Waals surface area contributed by atoms with Gasteiger partial charge in [-0.2, -0.15) is 4.98 Å². The SMILES string of the molecule is O=C1CCCC1c1nc(-c2cc(F)ccc2Br)no1. The maximum absolute atomic E-state index is 13.2. The Hall–Kier alpha value is -1.56. The van der Waals surface area contributed by atoms with E-state index in [-0.39, 0.29) is 17.5 Å². The predicted molar refractivity (Wildman–Crippen MR) is 69.0 cm³/mol. The van der Waals surface area contributed by atoms with Crippen LogP contribution in [0.1, 0.15) is 31.1 Å². The van der Waals surface area contributed by atoms with Gasteiger partial charge in [0.1, 0.15) is 11.6 Å². The molecular formula is C13H10BrFN2O2. The molecule has 2 aromatic rings. The van der Waals surface area contributed by atoms with Gasteiger partial charge in [-0.3, -0.25) is 4.79 Å². The number of carbonyl (C=O) groups is 1. The summed E-state index contributed by atoms with van der Waals surface area (Å²) in [7, 11) is 0. The maximum Gasteiger partial charge on any atom is 0.237 e. The molecule has 1 aromatic carbocycles. The second-order valence-corrected chi connectivity index (χ2v) is 5.35. The predicted octanol–water partition coefficient (Wildman–Crippen LogP) is 3.47. The summed E-state index contributed by atoms with van der Waals surface area (Å²) in [6.45, 7) is 0. The molecular weight excluding hydrogens is 315 g/mol. The molecule has 1 unspecified atom stereocenters. The third-order valence-corrected chi connectivity index (χ3v) is 3.91. The van der Waals surface area contributed by atoms with Crippen LogP contribution in [0.4, 0.5) is 4.39 Å². The van der Waals surface area contributed by atoms with Gasteiger partial charge in [0.15, 0.2) is 0 Å². The Morgan fingerprint density at radius 3 is 3.00 bits per heavy atom. The van der Waals surface area contributed by atoms with Crippen molar-refractivity contribution in [1.29, 1.82) is 0 Å². The van der Waals surface area contributed by atoms with Crippen molar-refractivity contribution in [3.8, 4) is 11.4 Å². The highest BCUT2D eigenvalue weighted by Crippen LogP contribution is 2.32. The quantitative estimate of drug-likeness (QED) is 0.848. The van der Waals surface area contributed by atoms with Crippen LogP contribution in [0.25, 0.3) is 11.4 Å². The lowest BCUT2D eigenvalue weighted by molar-refractivity contribution is -0.119. The highest BCUT2D eigenvalue weighted by molar-refractivity contribution is 9.10.